The fourth-order valence-corrected chi connectivity index (χ4v) is 5.50. The van der Waals surface area contributed by atoms with Gasteiger partial charge in [-0.1, -0.05) is 65.7 Å². The number of aromatic nitrogens is 1. The molecular formula is C26H25NO3S. The number of carbonyl (C=O) groups excluding carboxylic acids is 1. The first-order valence-corrected chi connectivity index (χ1v) is 11.7. The van der Waals surface area contributed by atoms with Crippen LogP contribution >= 0.6 is 0 Å². The van der Waals surface area contributed by atoms with Crippen LogP contribution in [0.3, 0.4) is 0 Å². The summed E-state index contributed by atoms with van der Waals surface area (Å²) >= 11 is 0. The maximum atomic E-state index is 13.8. The van der Waals surface area contributed by atoms with Crippen molar-refractivity contribution in [3.8, 4) is 11.1 Å². The maximum absolute atomic E-state index is 13.8. The third-order valence-electron chi connectivity index (χ3n) is 5.54. The molecule has 4 rings (SSSR count). The lowest BCUT2D eigenvalue weighted by atomic mass is 9.98. The van der Waals surface area contributed by atoms with Gasteiger partial charge in [0.1, 0.15) is 5.78 Å². The molecular weight excluding hydrogens is 406 g/mol. The van der Waals surface area contributed by atoms with E-state index in [4.69, 9.17) is 0 Å². The SMILES string of the molecule is CC(=O)CCc1c(-c2ccc(C)cc2)c2ccccc2n1S(=O)(=O)c1ccc(C)cc1. The minimum Gasteiger partial charge on any atom is -0.300 e. The Morgan fingerprint density at radius 3 is 2.03 bits per heavy atom. The Hall–Kier alpha value is -3.18. The molecule has 0 unspecified atom stereocenters. The number of hydrogen-bond acceptors (Lipinski definition) is 3. The molecule has 0 atom stereocenters. The van der Waals surface area contributed by atoms with Gasteiger partial charge in [0, 0.05) is 23.1 Å². The molecule has 5 heteroatoms. The Balaban J connectivity index is 2.06. The summed E-state index contributed by atoms with van der Waals surface area (Å²) in [5.41, 5.74) is 5.20. The molecule has 158 valence electrons. The molecule has 0 aliphatic heterocycles. The van der Waals surface area contributed by atoms with Gasteiger partial charge in [-0.25, -0.2) is 12.4 Å². The number of aryl methyl sites for hydroxylation is 2. The van der Waals surface area contributed by atoms with Crippen LogP contribution in [0.25, 0.3) is 22.0 Å². The quantitative estimate of drug-likeness (QED) is 0.394. The van der Waals surface area contributed by atoms with Gasteiger partial charge in [-0.05, 0) is 51.0 Å². The molecule has 0 spiro atoms. The van der Waals surface area contributed by atoms with Crippen LogP contribution in [0.1, 0.15) is 30.2 Å². The molecule has 0 amide bonds. The molecule has 0 saturated heterocycles. The monoisotopic (exact) mass is 431 g/mol. The fourth-order valence-electron chi connectivity index (χ4n) is 3.92. The van der Waals surface area contributed by atoms with Crippen LogP contribution in [0.2, 0.25) is 0 Å². The summed E-state index contributed by atoms with van der Waals surface area (Å²) in [7, 11) is -3.85. The molecule has 0 saturated carbocycles. The molecule has 0 N–H and O–H groups in total. The molecule has 0 bridgehead atoms. The number of benzene rings is 3. The van der Waals surface area contributed by atoms with Gasteiger partial charge in [-0.15, -0.1) is 0 Å². The lowest BCUT2D eigenvalue weighted by Crippen LogP contribution is -2.16. The van der Waals surface area contributed by atoms with Crippen molar-refractivity contribution in [2.45, 2.75) is 38.5 Å². The second-order valence-corrected chi connectivity index (χ2v) is 9.78. The average Bonchev–Trinajstić information content (AvgIpc) is 3.08. The van der Waals surface area contributed by atoms with Crippen LogP contribution in [0, 0.1) is 13.8 Å². The normalized spacial score (nSPS) is 11.7. The van der Waals surface area contributed by atoms with E-state index in [9.17, 15) is 13.2 Å². The summed E-state index contributed by atoms with van der Waals surface area (Å²) in [6, 6.07) is 22.5. The Labute approximate surface area is 183 Å². The van der Waals surface area contributed by atoms with Crippen molar-refractivity contribution in [3.05, 3.63) is 89.6 Å². The maximum Gasteiger partial charge on any atom is 0.268 e. The Bertz CT molecular complexity index is 1360. The van der Waals surface area contributed by atoms with Gasteiger partial charge in [-0.2, -0.15) is 0 Å². The van der Waals surface area contributed by atoms with E-state index in [1.165, 1.54) is 10.9 Å². The smallest absolute Gasteiger partial charge is 0.268 e. The Morgan fingerprint density at radius 2 is 1.42 bits per heavy atom. The average molecular weight is 432 g/mol. The molecule has 1 aromatic heterocycles. The Kier molecular flexibility index (Phi) is 5.54. The zero-order valence-corrected chi connectivity index (χ0v) is 18.7. The largest absolute Gasteiger partial charge is 0.300 e. The number of rotatable bonds is 6. The van der Waals surface area contributed by atoms with Crippen molar-refractivity contribution in [3.63, 3.8) is 0 Å². The van der Waals surface area contributed by atoms with Gasteiger partial charge >= 0.3 is 0 Å². The summed E-state index contributed by atoms with van der Waals surface area (Å²) < 4.78 is 29.0. The van der Waals surface area contributed by atoms with Crippen LogP contribution < -0.4 is 0 Å². The third-order valence-corrected chi connectivity index (χ3v) is 7.30. The summed E-state index contributed by atoms with van der Waals surface area (Å²) in [5.74, 6) is 0.0272. The number of para-hydroxylation sites is 1. The summed E-state index contributed by atoms with van der Waals surface area (Å²) in [6.07, 6.45) is 0.622. The highest BCUT2D eigenvalue weighted by molar-refractivity contribution is 7.90. The number of Topliss-reactive ketones (excluding diaryl/α,β-unsaturated/α-hetero) is 1. The summed E-state index contributed by atoms with van der Waals surface area (Å²) in [6.45, 7) is 5.48. The van der Waals surface area contributed by atoms with Crippen LogP contribution in [0.5, 0.6) is 0 Å². The van der Waals surface area contributed by atoms with Gasteiger partial charge in [0.15, 0.2) is 0 Å². The minimum absolute atomic E-state index is 0.0272. The molecule has 0 radical (unpaired) electrons. The lowest BCUT2D eigenvalue weighted by molar-refractivity contribution is -0.117. The van der Waals surface area contributed by atoms with Crippen molar-refractivity contribution in [1.82, 2.24) is 3.97 Å². The number of fused-ring (bicyclic) bond motifs is 1. The fraction of sp³-hybridized carbons (Fsp3) is 0.192. The standard InChI is InChI=1S/C26H25NO3S/c1-18-8-13-21(14-9-18)26-23-6-4-5-7-24(23)27(25(26)17-12-20(3)28)31(29,30)22-15-10-19(2)11-16-22/h4-11,13-16H,12,17H2,1-3H3. The topological polar surface area (TPSA) is 56.1 Å². The van der Waals surface area contributed by atoms with E-state index in [0.29, 0.717) is 17.6 Å². The molecule has 0 fully saturated rings. The van der Waals surface area contributed by atoms with Crippen molar-refractivity contribution >= 4 is 26.7 Å². The highest BCUT2D eigenvalue weighted by Gasteiger charge is 2.27. The molecule has 4 aromatic rings. The zero-order valence-electron chi connectivity index (χ0n) is 17.9. The molecule has 0 aliphatic rings. The van der Waals surface area contributed by atoms with Gasteiger partial charge in [0.05, 0.1) is 10.4 Å². The van der Waals surface area contributed by atoms with E-state index >= 15 is 0 Å². The zero-order chi connectivity index (χ0) is 22.2. The summed E-state index contributed by atoms with van der Waals surface area (Å²) in [5, 5.41) is 0.862. The first-order chi connectivity index (χ1) is 14.8. The number of carbonyl (C=O) groups is 1. The van der Waals surface area contributed by atoms with Crippen molar-refractivity contribution in [2.24, 2.45) is 0 Å². The van der Waals surface area contributed by atoms with E-state index in [1.807, 2.05) is 62.4 Å². The predicted molar refractivity (Wildman–Crippen MR) is 125 cm³/mol. The third kappa shape index (κ3) is 3.93. The first-order valence-electron chi connectivity index (χ1n) is 10.3. The second kappa shape index (κ2) is 8.16. The molecule has 1 heterocycles. The molecule has 3 aromatic carbocycles. The second-order valence-electron chi connectivity index (χ2n) is 7.99. The highest BCUT2D eigenvalue weighted by Crippen LogP contribution is 2.38. The molecule has 31 heavy (non-hydrogen) atoms. The lowest BCUT2D eigenvalue weighted by Gasteiger charge is -2.13. The van der Waals surface area contributed by atoms with Crippen LogP contribution in [0.4, 0.5) is 0 Å². The highest BCUT2D eigenvalue weighted by atomic mass is 32.2. The van der Waals surface area contributed by atoms with Crippen LogP contribution in [-0.2, 0) is 21.2 Å². The molecule has 4 nitrogen and oxygen atoms in total. The van der Waals surface area contributed by atoms with E-state index in [2.05, 4.69) is 0 Å². The van der Waals surface area contributed by atoms with Gasteiger partial charge in [-0.3, -0.25) is 0 Å². The van der Waals surface area contributed by atoms with Crippen molar-refractivity contribution < 1.29 is 13.2 Å². The first kappa shape index (κ1) is 21.1. The van der Waals surface area contributed by atoms with Gasteiger partial charge < -0.3 is 4.79 Å². The molecule has 0 aliphatic carbocycles. The van der Waals surface area contributed by atoms with E-state index in [1.54, 1.807) is 24.3 Å². The van der Waals surface area contributed by atoms with E-state index in [0.717, 1.165) is 27.6 Å². The van der Waals surface area contributed by atoms with Crippen LogP contribution in [0.15, 0.2) is 77.7 Å². The number of ketones is 1. The van der Waals surface area contributed by atoms with Gasteiger partial charge in [0.2, 0.25) is 0 Å². The van der Waals surface area contributed by atoms with Crippen molar-refractivity contribution in [2.75, 3.05) is 0 Å². The van der Waals surface area contributed by atoms with Crippen molar-refractivity contribution in [1.29, 1.82) is 0 Å². The predicted octanol–water partition coefficient (Wildman–Crippen LogP) is 5.68. The van der Waals surface area contributed by atoms with E-state index < -0.39 is 10.0 Å². The Morgan fingerprint density at radius 1 is 0.839 bits per heavy atom. The summed E-state index contributed by atoms with van der Waals surface area (Å²) in [4.78, 5) is 12.1. The minimum atomic E-state index is -3.85. The number of nitrogens with zero attached hydrogens (tertiary/aromatic N) is 1. The van der Waals surface area contributed by atoms with E-state index in [-0.39, 0.29) is 17.1 Å². The van der Waals surface area contributed by atoms with Gasteiger partial charge in [0.25, 0.3) is 10.0 Å². The van der Waals surface area contributed by atoms with Crippen LogP contribution in [-0.4, -0.2) is 18.2 Å². The number of hydrogen-bond donors (Lipinski definition) is 0.